The second-order valence-corrected chi connectivity index (χ2v) is 6.10. The lowest BCUT2D eigenvalue weighted by Crippen LogP contribution is -2.49. The number of amides is 3. The molecule has 0 bridgehead atoms. The Morgan fingerprint density at radius 1 is 1.22 bits per heavy atom. The third-order valence-corrected chi connectivity index (χ3v) is 4.59. The maximum Gasteiger partial charge on any atom is 0.328 e. The number of imide groups is 1. The van der Waals surface area contributed by atoms with Gasteiger partial charge >= 0.3 is 6.03 Å². The van der Waals surface area contributed by atoms with E-state index in [1.54, 1.807) is 4.90 Å². The maximum absolute atomic E-state index is 12.0. The Hall–Kier alpha value is -2.41. The average molecular weight is 313 g/mol. The highest BCUT2D eigenvalue weighted by atomic mass is 16.2. The van der Waals surface area contributed by atoms with E-state index in [1.807, 2.05) is 22.7 Å². The minimum Gasteiger partial charge on any atom is -0.317 e. The van der Waals surface area contributed by atoms with Crippen molar-refractivity contribution in [3.8, 4) is 0 Å². The zero-order valence-corrected chi connectivity index (χ0v) is 12.8. The van der Waals surface area contributed by atoms with Crippen LogP contribution in [0.2, 0.25) is 0 Å². The lowest BCUT2D eigenvalue weighted by Gasteiger charge is -2.26. The van der Waals surface area contributed by atoms with Crippen LogP contribution in [-0.4, -0.2) is 41.0 Å². The lowest BCUT2D eigenvalue weighted by atomic mass is 9.95. The number of rotatable bonds is 2. The Bertz CT molecular complexity index is 763. The molecule has 2 aromatic rings. The van der Waals surface area contributed by atoms with Gasteiger partial charge in [0.2, 0.25) is 5.91 Å². The van der Waals surface area contributed by atoms with Crippen molar-refractivity contribution < 1.29 is 9.59 Å². The second kappa shape index (κ2) is 5.66. The molecule has 2 saturated heterocycles. The van der Waals surface area contributed by atoms with E-state index < -0.39 is 0 Å². The summed E-state index contributed by atoms with van der Waals surface area (Å²) in [6.07, 6.45) is 6.54. The van der Waals surface area contributed by atoms with Crippen molar-refractivity contribution in [1.82, 2.24) is 20.0 Å². The van der Waals surface area contributed by atoms with Gasteiger partial charge in [-0.25, -0.2) is 9.78 Å². The lowest BCUT2D eigenvalue weighted by molar-refractivity contribution is -0.120. The maximum atomic E-state index is 12.0. The first-order chi connectivity index (χ1) is 11.2. The van der Waals surface area contributed by atoms with Crippen LogP contribution in [-0.2, 0) is 4.79 Å². The average Bonchev–Trinajstić information content (AvgIpc) is 2.99. The van der Waals surface area contributed by atoms with Crippen LogP contribution in [0.3, 0.4) is 0 Å². The number of carbonyl (C=O) groups is 2. The minimum atomic E-state index is -0.365. The molecule has 0 unspecified atom stereocenters. The molecular weight excluding hydrogens is 294 g/mol. The zero-order chi connectivity index (χ0) is 15.8. The van der Waals surface area contributed by atoms with Crippen LogP contribution in [0.25, 0.3) is 5.65 Å². The van der Waals surface area contributed by atoms with Crippen LogP contribution in [0.5, 0.6) is 0 Å². The van der Waals surface area contributed by atoms with Crippen LogP contribution >= 0.6 is 0 Å². The number of urea groups is 1. The first-order valence-corrected chi connectivity index (χ1v) is 8.01. The van der Waals surface area contributed by atoms with E-state index in [1.165, 1.54) is 0 Å². The molecule has 4 heterocycles. The summed E-state index contributed by atoms with van der Waals surface area (Å²) in [4.78, 5) is 29.5. The molecule has 7 nitrogen and oxygen atoms in total. The van der Waals surface area contributed by atoms with Gasteiger partial charge in [-0.3, -0.25) is 15.0 Å². The molecule has 3 amide bonds. The van der Waals surface area contributed by atoms with Crippen LogP contribution in [0.15, 0.2) is 24.5 Å². The second-order valence-electron chi connectivity index (χ2n) is 6.10. The van der Waals surface area contributed by atoms with Gasteiger partial charge in [-0.2, -0.15) is 0 Å². The molecular formula is C16H19N5O2. The predicted molar refractivity (Wildman–Crippen MR) is 85.5 cm³/mol. The molecule has 2 fully saturated rings. The highest BCUT2D eigenvalue weighted by Crippen LogP contribution is 2.26. The van der Waals surface area contributed by atoms with Crippen molar-refractivity contribution in [2.75, 3.05) is 24.5 Å². The molecule has 23 heavy (non-hydrogen) atoms. The molecule has 2 aromatic heterocycles. The van der Waals surface area contributed by atoms with Crippen molar-refractivity contribution in [2.45, 2.75) is 25.2 Å². The van der Waals surface area contributed by atoms with E-state index in [4.69, 9.17) is 4.98 Å². The topological polar surface area (TPSA) is 78.7 Å². The summed E-state index contributed by atoms with van der Waals surface area (Å²) in [7, 11) is 0. The monoisotopic (exact) mass is 313 g/mol. The first kappa shape index (κ1) is 14.2. The van der Waals surface area contributed by atoms with Crippen LogP contribution in [0.1, 0.15) is 30.9 Å². The highest BCUT2D eigenvalue weighted by Gasteiger charge is 2.25. The number of imidazole rings is 1. The number of hydrogen-bond acceptors (Lipinski definition) is 4. The summed E-state index contributed by atoms with van der Waals surface area (Å²) in [5, 5.41) is 5.71. The third kappa shape index (κ3) is 2.68. The molecule has 0 spiro atoms. The smallest absolute Gasteiger partial charge is 0.317 e. The van der Waals surface area contributed by atoms with E-state index in [9.17, 15) is 9.59 Å². The van der Waals surface area contributed by atoms with Crippen molar-refractivity contribution in [2.24, 2.45) is 0 Å². The fourth-order valence-electron chi connectivity index (χ4n) is 3.28. The van der Waals surface area contributed by atoms with Crippen molar-refractivity contribution >= 4 is 23.3 Å². The largest absolute Gasteiger partial charge is 0.328 e. The van der Waals surface area contributed by atoms with E-state index in [0.717, 1.165) is 43.0 Å². The van der Waals surface area contributed by atoms with Gasteiger partial charge in [0.15, 0.2) is 0 Å². The standard InChI is InChI=1S/C16H19N5O2/c22-15-4-8-21(16(23)19-15)12-3-7-20-10-13(18-14(20)9-12)11-1-5-17-6-2-11/h3,7,9-11,17H,1-2,4-6,8H2,(H,19,22,23). The molecule has 0 radical (unpaired) electrons. The van der Waals surface area contributed by atoms with Crippen LogP contribution < -0.4 is 15.5 Å². The summed E-state index contributed by atoms with van der Waals surface area (Å²) in [6.45, 7) is 2.47. The van der Waals surface area contributed by atoms with Gasteiger partial charge in [-0.15, -0.1) is 0 Å². The summed E-state index contributed by atoms with van der Waals surface area (Å²) < 4.78 is 1.99. The summed E-state index contributed by atoms with van der Waals surface area (Å²) in [5.74, 6) is 0.275. The number of nitrogens with one attached hydrogen (secondary N) is 2. The predicted octanol–water partition coefficient (Wildman–Crippen LogP) is 1.25. The van der Waals surface area contributed by atoms with Gasteiger partial charge in [0.05, 0.1) is 11.4 Å². The van der Waals surface area contributed by atoms with Crippen molar-refractivity contribution in [1.29, 1.82) is 0 Å². The number of hydrogen-bond donors (Lipinski definition) is 2. The molecule has 120 valence electrons. The van der Waals surface area contributed by atoms with Gasteiger partial charge in [0.25, 0.3) is 0 Å². The Kier molecular flexibility index (Phi) is 3.49. The Labute approximate surface area is 133 Å². The van der Waals surface area contributed by atoms with Crippen LogP contribution in [0, 0.1) is 0 Å². The van der Waals surface area contributed by atoms with Gasteiger partial charge < -0.3 is 9.72 Å². The molecule has 0 atom stereocenters. The summed E-state index contributed by atoms with van der Waals surface area (Å²) in [6, 6.07) is 3.42. The van der Waals surface area contributed by atoms with E-state index in [2.05, 4.69) is 16.8 Å². The Morgan fingerprint density at radius 2 is 2.04 bits per heavy atom. The quantitative estimate of drug-likeness (QED) is 0.874. The normalized spacial score (nSPS) is 20.1. The van der Waals surface area contributed by atoms with E-state index in [-0.39, 0.29) is 11.9 Å². The van der Waals surface area contributed by atoms with Crippen molar-refractivity contribution in [3.63, 3.8) is 0 Å². The molecule has 2 N–H and O–H groups in total. The van der Waals surface area contributed by atoms with E-state index >= 15 is 0 Å². The highest BCUT2D eigenvalue weighted by molar-refractivity contribution is 6.05. The molecule has 7 heteroatoms. The fourth-order valence-corrected chi connectivity index (χ4v) is 3.28. The zero-order valence-electron chi connectivity index (χ0n) is 12.8. The van der Waals surface area contributed by atoms with Crippen LogP contribution in [0.4, 0.5) is 10.5 Å². The summed E-state index contributed by atoms with van der Waals surface area (Å²) in [5.41, 5.74) is 2.72. The summed E-state index contributed by atoms with van der Waals surface area (Å²) >= 11 is 0. The first-order valence-electron chi connectivity index (χ1n) is 8.01. The number of aromatic nitrogens is 2. The number of pyridine rings is 1. The number of anilines is 1. The van der Waals surface area contributed by atoms with Crippen molar-refractivity contribution in [3.05, 3.63) is 30.2 Å². The number of nitrogens with zero attached hydrogens (tertiary/aromatic N) is 3. The molecule has 0 aromatic carbocycles. The van der Waals surface area contributed by atoms with Gasteiger partial charge in [0.1, 0.15) is 5.65 Å². The molecule has 0 aliphatic carbocycles. The van der Waals surface area contributed by atoms with Gasteiger partial charge in [-0.05, 0) is 32.0 Å². The Morgan fingerprint density at radius 3 is 2.83 bits per heavy atom. The molecule has 4 rings (SSSR count). The molecule has 0 saturated carbocycles. The Balaban J connectivity index is 1.62. The number of fused-ring (bicyclic) bond motifs is 1. The SMILES string of the molecule is O=C1CCN(c2ccn3cc(C4CCNCC4)nc3c2)C(=O)N1. The molecule has 2 aliphatic heterocycles. The van der Waals surface area contributed by atoms with E-state index in [0.29, 0.717) is 18.9 Å². The number of carbonyl (C=O) groups excluding carboxylic acids is 2. The van der Waals surface area contributed by atoms with Gasteiger partial charge in [0, 0.05) is 37.3 Å². The third-order valence-electron chi connectivity index (χ3n) is 4.59. The fraction of sp³-hybridized carbons (Fsp3) is 0.438. The van der Waals surface area contributed by atoms with Gasteiger partial charge in [-0.1, -0.05) is 0 Å². The molecule has 2 aliphatic rings. The minimum absolute atomic E-state index is 0.221. The number of piperidine rings is 1.